The molecule has 3 rings (SSSR count). The molecule has 122 valence electrons. The van der Waals surface area contributed by atoms with Crippen LogP contribution in [0.25, 0.3) is 0 Å². The number of anilines is 1. The highest BCUT2D eigenvalue weighted by Crippen LogP contribution is 2.12. The average Bonchev–Trinajstić information content (AvgIpc) is 3.02. The molecule has 0 bridgehead atoms. The number of hydrogen-bond acceptors (Lipinski definition) is 3. The van der Waals surface area contributed by atoms with E-state index in [0.29, 0.717) is 18.1 Å². The number of nitrogens with one attached hydrogen (secondary N) is 1. The Morgan fingerprint density at radius 1 is 1.08 bits per heavy atom. The molecular formula is C19H19N3O2. The number of aromatic nitrogens is 2. The van der Waals surface area contributed by atoms with Gasteiger partial charge in [0.25, 0.3) is 5.91 Å². The maximum atomic E-state index is 12.1. The van der Waals surface area contributed by atoms with Gasteiger partial charge in [-0.25, -0.2) is 4.68 Å². The third-order valence-corrected chi connectivity index (χ3v) is 3.55. The second kappa shape index (κ2) is 7.46. The third kappa shape index (κ3) is 4.23. The molecule has 1 aromatic heterocycles. The number of hydrogen-bond donors (Lipinski definition) is 1. The highest BCUT2D eigenvalue weighted by atomic mass is 16.5. The summed E-state index contributed by atoms with van der Waals surface area (Å²) in [5, 5.41) is 7.08. The van der Waals surface area contributed by atoms with E-state index in [1.807, 2.05) is 61.5 Å². The predicted molar refractivity (Wildman–Crippen MR) is 93.1 cm³/mol. The van der Waals surface area contributed by atoms with E-state index in [-0.39, 0.29) is 12.5 Å². The van der Waals surface area contributed by atoms with Crippen LogP contribution in [0.4, 0.5) is 5.82 Å². The molecule has 1 heterocycles. The van der Waals surface area contributed by atoms with E-state index >= 15 is 0 Å². The Hall–Kier alpha value is -3.08. The number of amides is 1. The fourth-order valence-electron chi connectivity index (χ4n) is 2.28. The first kappa shape index (κ1) is 15.8. The van der Waals surface area contributed by atoms with E-state index < -0.39 is 0 Å². The molecule has 0 atom stereocenters. The number of carbonyl (C=O) groups excluding carboxylic acids is 1. The smallest absolute Gasteiger partial charge is 0.263 e. The highest BCUT2D eigenvalue weighted by molar-refractivity contribution is 5.91. The maximum absolute atomic E-state index is 12.1. The Labute approximate surface area is 140 Å². The molecule has 1 amide bonds. The van der Waals surface area contributed by atoms with Crippen LogP contribution >= 0.6 is 0 Å². The zero-order valence-corrected chi connectivity index (χ0v) is 13.5. The largest absolute Gasteiger partial charge is 0.484 e. The molecule has 0 fully saturated rings. The minimum absolute atomic E-state index is 0.0421. The number of benzene rings is 2. The fourth-order valence-corrected chi connectivity index (χ4v) is 2.28. The van der Waals surface area contributed by atoms with Crippen molar-refractivity contribution in [3.8, 4) is 5.75 Å². The summed E-state index contributed by atoms with van der Waals surface area (Å²) >= 11 is 0. The van der Waals surface area contributed by atoms with Crippen molar-refractivity contribution in [3.63, 3.8) is 0 Å². The summed E-state index contributed by atoms with van der Waals surface area (Å²) < 4.78 is 7.24. The second-order valence-corrected chi connectivity index (χ2v) is 5.51. The number of ether oxygens (including phenoxy) is 1. The summed E-state index contributed by atoms with van der Waals surface area (Å²) in [5.74, 6) is 1.11. The number of rotatable bonds is 6. The van der Waals surface area contributed by atoms with Gasteiger partial charge in [-0.3, -0.25) is 4.79 Å². The van der Waals surface area contributed by atoms with E-state index in [0.717, 1.165) is 11.1 Å². The lowest BCUT2D eigenvalue weighted by atomic mass is 10.2. The van der Waals surface area contributed by atoms with Crippen LogP contribution in [-0.4, -0.2) is 22.3 Å². The molecular weight excluding hydrogens is 302 g/mol. The summed E-state index contributed by atoms with van der Waals surface area (Å²) in [4.78, 5) is 12.1. The normalized spacial score (nSPS) is 10.4. The van der Waals surface area contributed by atoms with E-state index in [4.69, 9.17) is 4.74 Å². The Bertz CT molecular complexity index is 795. The van der Waals surface area contributed by atoms with Crippen molar-refractivity contribution in [1.82, 2.24) is 9.78 Å². The van der Waals surface area contributed by atoms with Gasteiger partial charge in [-0.15, -0.1) is 0 Å². The molecule has 2 aromatic carbocycles. The van der Waals surface area contributed by atoms with Crippen LogP contribution in [0.1, 0.15) is 11.1 Å². The molecule has 3 aromatic rings. The van der Waals surface area contributed by atoms with Gasteiger partial charge >= 0.3 is 0 Å². The third-order valence-electron chi connectivity index (χ3n) is 3.55. The molecule has 1 N–H and O–H groups in total. The van der Waals surface area contributed by atoms with Crippen molar-refractivity contribution in [2.45, 2.75) is 13.5 Å². The first-order chi connectivity index (χ1) is 11.7. The van der Waals surface area contributed by atoms with E-state index in [9.17, 15) is 4.79 Å². The Morgan fingerprint density at radius 3 is 2.58 bits per heavy atom. The van der Waals surface area contributed by atoms with Gasteiger partial charge in [0.05, 0.1) is 12.7 Å². The molecule has 0 spiro atoms. The lowest BCUT2D eigenvalue weighted by molar-refractivity contribution is -0.118. The van der Waals surface area contributed by atoms with E-state index in [2.05, 4.69) is 10.4 Å². The average molecular weight is 321 g/mol. The molecule has 0 aliphatic carbocycles. The second-order valence-electron chi connectivity index (χ2n) is 5.51. The van der Waals surface area contributed by atoms with Crippen molar-refractivity contribution in [2.75, 3.05) is 11.9 Å². The molecule has 0 aliphatic rings. The van der Waals surface area contributed by atoms with Crippen LogP contribution < -0.4 is 10.1 Å². The lowest BCUT2D eigenvalue weighted by Gasteiger charge is -2.10. The van der Waals surface area contributed by atoms with E-state index in [1.165, 1.54) is 0 Å². The van der Waals surface area contributed by atoms with Gasteiger partial charge in [-0.2, -0.15) is 5.10 Å². The number of carbonyl (C=O) groups is 1. The highest BCUT2D eigenvalue weighted by Gasteiger charge is 2.08. The zero-order valence-electron chi connectivity index (χ0n) is 13.5. The van der Waals surface area contributed by atoms with Crippen LogP contribution in [0.3, 0.4) is 0 Å². The van der Waals surface area contributed by atoms with Gasteiger partial charge in [-0.1, -0.05) is 48.0 Å². The van der Waals surface area contributed by atoms with Crippen LogP contribution in [-0.2, 0) is 11.3 Å². The monoisotopic (exact) mass is 321 g/mol. The summed E-state index contributed by atoms with van der Waals surface area (Å²) in [7, 11) is 0. The SMILES string of the molecule is Cc1ccc(OCC(=O)Nc2ccnn2Cc2ccccc2)cc1. The molecule has 5 nitrogen and oxygen atoms in total. The Morgan fingerprint density at radius 2 is 1.83 bits per heavy atom. The summed E-state index contributed by atoms with van der Waals surface area (Å²) in [6.45, 7) is 2.56. The molecule has 24 heavy (non-hydrogen) atoms. The van der Waals surface area contributed by atoms with Gasteiger partial charge < -0.3 is 10.1 Å². The van der Waals surface area contributed by atoms with Crippen molar-refractivity contribution in [1.29, 1.82) is 0 Å². The van der Waals surface area contributed by atoms with Crippen molar-refractivity contribution in [3.05, 3.63) is 78.0 Å². The summed E-state index contributed by atoms with van der Waals surface area (Å²) in [6.07, 6.45) is 1.67. The van der Waals surface area contributed by atoms with Crippen LogP contribution in [0.2, 0.25) is 0 Å². The number of nitrogens with zero attached hydrogens (tertiary/aromatic N) is 2. The molecule has 0 saturated carbocycles. The minimum atomic E-state index is -0.217. The van der Waals surface area contributed by atoms with Gasteiger partial charge in [-0.05, 0) is 24.6 Å². The van der Waals surface area contributed by atoms with Gasteiger partial charge in [0, 0.05) is 6.07 Å². The first-order valence-corrected chi connectivity index (χ1v) is 7.76. The lowest BCUT2D eigenvalue weighted by Crippen LogP contribution is -2.22. The van der Waals surface area contributed by atoms with Crippen LogP contribution in [0, 0.1) is 6.92 Å². The van der Waals surface area contributed by atoms with Crippen LogP contribution in [0.15, 0.2) is 66.9 Å². The quantitative estimate of drug-likeness (QED) is 0.758. The van der Waals surface area contributed by atoms with Crippen molar-refractivity contribution < 1.29 is 9.53 Å². The summed E-state index contributed by atoms with van der Waals surface area (Å²) in [6, 6.07) is 19.3. The zero-order chi connectivity index (χ0) is 16.8. The van der Waals surface area contributed by atoms with Crippen molar-refractivity contribution in [2.24, 2.45) is 0 Å². The molecule has 5 heteroatoms. The topological polar surface area (TPSA) is 56.1 Å². The summed E-state index contributed by atoms with van der Waals surface area (Å²) in [5.41, 5.74) is 2.27. The molecule has 0 unspecified atom stereocenters. The standard InChI is InChI=1S/C19H19N3O2/c1-15-7-9-17(10-8-15)24-14-19(23)21-18-11-12-20-22(18)13-16-5-3-2-4-6-16/h2-12H,13-14H2,1H3,(H,21,23). The van der Waals surface area contributed by atoms with Crippen molar-refractivity contribution >= 4 is 11.7 Å². The van der Waals surface area contributed by atoms with Gasteiger partial charge in [0.15, 0.2) is 6.61 Å². The molecule has 0 radical (unpaired) electrons. The number of aryl methyl sites for hydroxylation is 1. The first-order valence-electron chi connectivity index (χ1n) is 7.76. The van der Waals surface area contributed by atoms with Gasteiger partial charge in [0.1, 0.15) is 11.6 Å². The maximum Gasteiger partial charge on any atom is 0.263 e. The molecule has 0 aliphatic heterocycles. The fraction of sp³-hybridized carbons (Fsp3) is 0.158. The van der Waals surface area contributed by atoms with E-state index in [1.54, 1.807) is 16.9 Å². The molecule has 0 saturated heterocycles. The minimum Gasteiger partial charge on any atom is -0.484 e. The van der Waals surface area contributed by atoms with Crippen LogP contribution in [0.5, 0.6) is 5.75 Å². The Balaban J connectivity index is 1.57. The predicted octanol–water partition coefficient (Wildman–Crippen LogP) is 3.26. The van der Waals surface area contributed by atoms with Gasteiger partial charge in [0.2, 0.25) is 0 Å². The Kier molecular flexibility index (Phi) is 4.91.